The summed E-state index contributed by atoms with van der Waals surface area (Å²) in [5.74, 6) is 0.287. The smallest absolute Gasteiger partial charge is 0.253 e. The lowest BCUT2D eigenvalue weighted by Gasteiger charge is -2.21. The first-order valence-corrected chi connectivity index (χ1v) is 8.89. The van der Waals surface area contributed by atoms with E-state index in [2.05, 4.69) is 9.97 Å². The van der Waals surface area contributed by atoms with Crippen molar-refractivity contribution < 1.29 is 9.59 Å². The summed E-state index contributed by atoms with van der Waals surface area (Å²) in [4.78, 5) is 37.2. The quantitative estimate of drug-likeness (QED) is 0.849. The summed E-state index contributed by atoms with van der Waals surface area (Å²) < 4.78 is 0. The van der Waals surface area contributed by atoms with Crippen LogP contribution in [0.2, 0.25) is 0 Å². The zero-order valence-electron chi connectivity index (χ0n) is 13.4. The van der Waals surface area contributed by atoms with Gasteiger partial charge in [0.1, 0.15) is 0 Å². The van der Waals surface area contributed by atoms with Gasteiger partial charge in [0.25, 0.3) is 5.91 Å². The van der Waals surface area contributed by atoms with Gasteiger partial charge in [0.05, 0.1) is 23.2 Å². The van der Waals surface area contributed by atoms with E-state index in [1.54, 1.807) is 40.8 Å². The maximum absolute atomic E-state index is 12.7. The minimum atomic E-state index is -0.0736. The van der Waals surface area contributed by atoms with E-state index in [9.17, 15) is 9.59 Å². The largest absolute Gasteiger partial charge is 0.337 e. The fourth-order valence-corrected chi connectivity index (χ4v) is 4.21. The average molecular weight is 342 g/mol. The van der Waals surface area contributed by atoms with E-state index in [1.807, 2.05) is 17.2 Å². The first-order valence-electron chi connectivity index (χ1n) is 8.01. The van der Waals surface area contributed by atoms with Gasteiger partial charge in [0, 0.05) is 48.9 Å². The van der Waals surface area contributed by atoms with E-state index in [-0.39, 0.29) is 23.7 Å². The van der Waals surface area contributed by atoms with Crippen LogP contribution in [0.15, 0.2) is 29.9 Å². The van der Waals surface area contributed by atoms with Gasteiger partial charge in [-0.1, -0.05) is 0 Å². The number of thiazole rings is 1. The van der Waals surface area contributed by atoms with Gasteiger partial charge in [0.2, 0.25) is 5.91 Å². The van der Waals surface area contributed by atoms with E-state index >= 15 is 0 Å². The first-order chi connectivity index (χ1) is 11.6. The van der Waals surface area contributed by atoms with E-state index in [4.69, 9.17) is 0 Å². The first kappa shape index (κ1) is 15.3. The Morgan fingerprint density at radius 3 is 2.75 bits per heavy atom. The van der Waals surface area contributed by atoms with Crippen molar-refractivity contribution in [2.75, 3.05) is 19.6 Å². The highest BCUT2D eigenvalue weighted by molar-refractivity contribution is 7.09. The van der Waals surface area contributed by atoms with E-state index in [0.29, 0.717) is 31.7 Å². The number of amides is 2. The predicted octanol–water partition coefficient (Wildman–Crippen LogP) is 1.58. The Morgan fingerprint density at radius 2 is 2.08 bits per heavy atom. The molecule has 0 aromatic carbocycles. The van der Waals surface area contributed by atoms with Gasteiger partial charge < -0.3 is 9.80 Å². The number of aromatic nitrogens is 2. The molecule has 4 heterocycles. The number of aryl methyl sites for hydroxylation is 1. The van der Waals surface area contributed by atoms with Crippen LogP contribution in [0, 0.1) is 18.8 Å². The summed E-state index contributed by atoms with van der Waals surface area (Å²) in [6, 6.07) is 3.43. The van der Waals surface area contributed by atoms with Crippen LogP contribution in [0.5, 0.6) is 0 Å². The molecule has 0 aliphatic carbocycles. The third-order valence-electron chi connectivity index (χ3n) is 4.76. The van der Waals surface area contributed by atoms with Gasteiger partial charge in [-0.05, 0) is 19.1 Å². The minimum absolute atomic E-state index is 0.0127. The number of carbonyl (C=O) groups excluding carboxylic acids is 2. The van der Waals surface area contributed by atoms with Crippen LogP contribution in [-0.4, -0.2) is 51.2 Å². The van der Waals surface area contributed by atoms with E-state index < -0.39 is 0 Å². The lowest BCUT2D eigenvalue weighted by atomic mass is 10.0. The molecule has 0 bridgehead atoms. The molecular weight excluding hydrogens is 324 g/mol. The molecule has 0 N–H and O–H groups in total. The van der Waals surface area contributed by atoms with Crippen molar-refractivity contribution in [2.24, 2.45) is 11.8 Å². The summed E-state index contributed by atoms with van der Waals surface area (Å²) in [5.41, 5.74) is 1.59. The van der Waals surface area contributed by atoms with Gasteiger partial charge in [-0.15, -0.1) is 11.3 Å². The van der Waals surface area contributed by atoms with Gasteiger partial charge >= 0.3 is 0 Å². The highest BCUT2D eigenvalue weighted by atomic mass is 32.1. The zero-order valence-corrected chi connectivity index (χ0v) is 14.2. The molecule has 7 heteroatoms. The monoisotopic (exact) mass is 342 g/mol. The fraction of sp³-hybridized carbons (Fsp3) is 0.412. The Hall–Kier alpha value is -2.28. The Bertz CT molecular complexity index is 776. The molecule has 0 saturated carbocycles. The second-order valence-electron chi connectivity index (χ2n) is 6.39. The number of pyridine rings is 1. The molecule has 0 unspecified atom stereocenters. The number of likely N-dealkylation sites (tertiary alicyclic amines) is 2. The third kappa shape index (κ3) is 2.69. The number of nitrogens with zero attached hydrogens (tertiary/aromatic N) is 4. The molecule has 2 amide bonds. The fourth-order valence-electron chi connectivity index (χ4n) is 3.61. The predicted molar refractivity (Wildman–Crippen MR) is 89.4 cm³/mol. The number of hydrogen-bond donors (Lipinski definition) is 0. The second kappa shape index (κ2) is 5.98. The maximum Gasteiger partial charge on any atom is 0.253 e. The third-order valence-corrected chi connectivity index (χ3v) is 5.58. The molecule has 2 aliphatic heterocycles. The molecule has 2 fully saturated rings. The second-order valence-corrected chi connectivity index (χ2v) is 7.45. The highest BCUT2D eigenvalue weighted by Gasteiger charge is 2.47. The van der Waals surface area contributed by atoms with Crippen LogP contribution in [-0.2, 0) is 11.3 Å². The topological polar surface area (TPSA) is 66.4 Å². The van der Waals surface area contributed by atoms with Crippen molar-refractivity contribution >= 4 is 23.2 Å². The van der Waals surface area contributed by atoms with Crippen molar-refractivity contribution in [3.05, 3.63) is 46.2 Å². The van der Waals surface area contributed by atoms with E-state index in [1.165, 1.54) is 0 Å². The van der Waals surface area contributed by atoms with Crippen molar-refractivity contribution in [2.45, 2.75) is 13.5 Å². The van der Waals surface area contributed by atoms with Gasteiger partial charge in [-0.3, -0.25) is 14.6 Å². The molecule has 2 atom stereocenters. The Morgan fingerprint density at radius 1 is 1.29 bits per heavy atom. The molecule has 0 radical (unpaired) electrons. The Balaban J connectivity index is 1.42. The SMILES string of the molecule is Cc1nc(CN2C[C@@H]3CN(C(=O)c4ccncc4)C[C@@H]3C2=O)cs1. The summed E-state index contributed by atoms with van der Waals surface area (Å²) >= 11 is 1.61. The van der Waals surface area contributed by atoms with Crippen molar-refractivity contribution in [3.8, 4) is 0 Å². The molecular formula is C17H18N4O2S. The zero-order chi connectivity index (χ0) is 16.7. The molecule has 6 nitrogen and oxygen atoms in total. The molecule has 4 rings (SSSR count). The van der Waals surface area contributed by atoms with Gasteiger partial charge in [-0.25, -0.2) is 4.98 Å². The summed E-state index contributed by atoms with van der Waals surface area (Å²) in [6.07, 6.45) is 3.24. The van der Waals surface area contributed by atoms with Crippen LogP contribution in [0.1, 0.15) is 21.1 Å². The Kier molecular flexibility index (Phi) is 3.80. The standard InChI is InChI=1S/C17H18N4O2S/c1-11-19-14(10-24-11)8-20-6-13-7-21(9-15(13)17(20)23)16(22)12-2-4-18-5-3-12/h2-5,10,13,15H,6-9H2,1H3/t13-,15+/m1/s1. The number of fused-ring (bicyclic) bond motifs is 1. The summed E-state index contributed by atoms with van der Waals surface area (Å²) in [5, 5.41) is 3.03. The van der Waals surface area contributed by atoms with Crippen molar-refractivity contribution in [1.29, 1.82) is 0 Å². The van der Waals surface area contributed by atoms with Crippen LogP contribution < -0.4 is 0 Å². The van der Waals surface area contributed by atoms with Gasteiger partial charge in [-0.2, -0.15) is 0 Å². The Labute approximate surface area is 144 Å². The highest BCUT2D eigenvalue weighted by Crippen LogP contribution is 2.33. The summed E-state index contributed by atoms with van der Waals surface area (Å²) in [7, 11) is 0. The van der Waals surface area contributed by atoms with E-state index in [0.717, 1.165) is 10.7 Å². The maximum atomic E-state index is 12.7. The number of rotatable bonds is 3. The van der Waals surface area contributed by atoms with Crippen LogP contribution in [0.4, 0.5) is 0 Å². The molecule has 2 aliphatic rings. The molecule has 0 spiro atoms. The van der Waals surface area contributed by atoms with Crippen LogP contribution >= 0.6 is 11.3 Å². The van der Waals surface area contributed by atoms with Crippen molar-refractivity contribution in [1.82, 2.24) is 19.8 Å². The molecule has 2 aromatic heterocycles. The normalized spacial score (nSPS) is 23.0. The van der Waals surface area contributed by atoms with Crippen molar-refractivity contribution in [3.63, 3.8) is 0 Å². The molecule has 24 heavy (non-hydrogen) atoms. The lowest BCUT2D eigenvalue weighted by molar-refractivity contribution is -0.131. The minimum Gasteiger partial charge on any atom is -0.337 e. The number of carbonyl (C=O) groups is 2. The molecule has 124 valence electrons. The summed E-state index contributed by atoms with van der Waals surface area (Å²) in [6.45, 7) is 4.41. The molecule has 2 saturated heterocycles. The molecule has 2 aromatic rings. The number of hydrogen-bond acceptors (Lipinski definition) is 5. The lowest BCUT2D eigenvalue weighted by Crippen LogP contribution is -2.35. The average Bonchev–Trinajstić information content (AvgIpc) is 3.26. The van der Waals surface area contributed by atoms with Crippen LogP contribution in [0.25, 0.3) is 0 Å². The van der Waals surface area contributed by atoms with Gasteiger partial charge in [0.15, 0.2) is 0 Å². The van der Waals surface area contributed by atoms with Crippen LogP contribution in [0.3, 0.4) is 0 Å².